The van der Waals surface area contributed by atoms with Crippen molar-refractivity contribution in [3.63, 3.8) is 0 Å². The Labute approximate surface area is 111 Å². The topological polar surface area (TPSA) is 26.0 Å². The number of hydrogen-bond acceptors (Lipinski definition) is 1. The summed E-state index contributed by atoms with van der Waals surface area (Å²) in [7, 11) is 0. The van der Waals surface area contributed by atoms with Gasteiger partial charge in [-0.15, -0.1) is 0 Å². The summed E-state index contributed by atoms with van der Waals surface area (Å²) in [6.07, 6.45) is -0.108. The van der Waals surface area contributed by atoms with Gasteiger partial charge >= 0.3 is 6.18 Å². The summed E-state index contributed by atoms with van der Waals surface area (Å²) < 4.78 is 38.1. The molecule has 1 nitrogen and oxygen atoms in total. The third kappa shape index (κ3) is 2.50. The summed E-state index contributed by atoms with van der Waals surface area (Å²) in [5.41, 5.74) is 6.15. The van der Waals surface area contributed by atoms with Crippen molar-refractivity contribution in [2.24, 2.45) is 23.0 Å². The Hall–Kier alpha value is -1.03. The van der Waals surface area contributed by atoms with Crippen molar-refractivity contribution in [1.82, 2.24) is 0 Å². The molecule has 0 radical (unpaired) electrons. The highest BCUT2D eigenvalue weighted by Gasteiger charge is 2.52. The molecule has 1 aromatic rings. The number of alkyl halides is 3. The van der Waals surface area contributed by atoms with Gasteiger partial charge in [0.1, 0.15) is 0 Å². The van der Waals surface area contributed by atoms with Crippen molar-refractivity contribution >= 4 is 0 Å². The lowest BCUT2D eigenvalue weighted by molar-refractivity contribution is -0.137. The van der Waals surface area contributed by atoms with Crippen LogP contribution >= 0.6 is 0 Å². The Balaban J connectivity index is 1.79. The average molecular weight is 269 g/mol. The molecule has 0 aromatic heterocycles. The quantitative estimate of drug-likeness (QED) is 0.891. The van der Waals surface area contributed by atoms with Gasteiger partial charge in [-0.3, -0.25) is 0 Å². The van der Waals surface area contributed by atoms with Gasteiger partial charge < -0.3 is 5.73 Å². The van der Waals surface area contributed by atoms with Crippen LogP contribution in [0.1, 0.15) is 30.4 Å². The highest BCUT2D eigenvalue weighted by Crippen LogP contribution is 2.60. The van der Waals surface area contributed by atoms with Crippen LogP contribution in [-0.2, 0) is 12.6 Å². The molecule has 2 aliphatic carbocycles. The first-order valence-electron chi connectivity index (χ1n) is 6.78. The molecule has 2 fully saturated rings. The van der Waals surface area contributed by atoms with E-state index in [4.69, 9.17) is 5.73 Å². The molecule has 0 amide bonds. The molecule has 104 valence electrons. The van der Waals surface area contributed by atoms with Crippen molar-refractivity contribution in [2.75, 3.05) is 6.54 Å². The lowest BCUT2D eigenvalue weighted by Gasteiger charge is -2.29. The van der Waals surface area contributed by atoms with E-state index in [0.717, 1.165) is 36.3 Å². The minimum Gasteiger partial charge on any atom is -0.330 e. The SMILES string of the molecule is NCC1(Cc2cccc(C(F)(F)F)c2)CC2CC2C1. The molecular weight excluding hydrogens is 251 g/mol. The minimum atomic E-state index is -4.26. The van der Waals surface area contributed by atoms with Crippen molar-refractivity contribution in [1.29, 1.82) is 0 Å². The Morgan fingerprint density at radius 2 is 1.89 bits per heavy atom. The molecule has 2 aliphatic rings. The van der Waals surface area contributed by atoms with Crippen LogP contribution in [0.25, 0.3) is 0 Å². The number of nitrogens with two attached hydrogens (primary N) is 1. The van der Waals surface area contributed by atoms with E-state index in [2.05, 4.69) is 0 Å². The molecule has 0 aliphatic heterocycles. The van der Waals surface area contributed by atoms with Crippen molar-refractivity contribution < 1.29 is 13.2 Å². The number of rotatable bonds is 3. The van der Waals surface area contributed by atoms with Crippen LogP contribution in [0.5, 0.6) is 0 Å². The van der Waals surface area contributed by atoms with Crippen molar-refractivity contribution in [3.05, 3.63) is 35.4 Å². The second kappa shape index (κ2) is 4.23. The number of fused-ring (bicyclic) bond motifs is 1. The largest absolute Gasteiger partial charge is 0.416 e. The number of hydrogen-bond donors (Lipinski definition) is 1. The van der Waals surface area contributed by atoms with E-state index in [1.807, 2.05) is 0 Å². The molecule has 3 rings (SSSR count). The van der Waals surface area contributed by atoms with E-state index >= 15 is 0 Å². The average Bonchev–Trinajstić information content (AvgIpc) is 2.97. The van der Waals surface area contributed by atoms with Gasteiger partial charge in [-0.25, -0.2) is 0 Å². The molecule has 4 heteroatoms. The Morgan fingerprint density at radius 1 is 1.21 bits per heavy atom. The van der Waals surface area contributed by atoms with Gasteiger partial charge in [-0.05, 0) is 61.1 Å². The lowest BCUT2D eigenvalue weighted by Crippen LogP contribution is -2.31. The van der Waals surface area contributed by atoms with E-state index in [-0.39, 0.29) is 5.41 Å². The maximum absolute atomic E-state index is 12.7. The first kappa shape index (κ1) is 13.0. The second-order valence-electron chi connectivity index (χ2n) is 6.24. The highest BCUT2D eigenvalue weighted by molar-refractivity contribution is 5.27. The van der Waals surface area contributed by atoms with Gasteiger partial charge in [0.05, 0.1) is 5.56 Å². The minimum absolute atomic E-state index is 0.0395. The smallest absolute Gasteiger partial charge is 0.330 e. The fourth-order valence-corrected chi connectivity index (χ4v) is 3.68. The summed E-state index contributed by atoms with van der Waals surface area (Å²) in [5, 5.41) is 0. The zero-order valence-electron chi connectivity index (χ0n) is 10.7. The standard InChI is InChI=1S/C15H18F3N/c16-15(17,18)13-3-1-2-10(4-13)6-14(9-19)7-11-5-12(11)8-14/h1-4,11-12H,5-9,19H2. The molecule has 2 atom stereocenters. The highest BCUT2D eigenvalue weighted by atomic mass is 19.4. The fraction of sp³-hybridized carbons (Fsp3) is 0.600. The normalized spacial score (nSPS) is 33.3. The molecule has 0 bridgehead atoms. The summed E-state index contributed by atoms with van der Waals surface area (Å²) >= 11 is 0. The van der Waals surface area contributed by atoms with E-state index in [0.29, 0.717) is 13.0 Å². The Kier molecular flexibility index (Phi) is 2.89. The number of halogens is 3. The maximum Gasteiger partial charge on any atom is 0.416 e. The molecule has 1 aromatic carbocycles. The van der Waals surface area contributed by atoms with E-state index < -0.39 is 11.7 Å². The summed E-state index contributed by atoms with van der Waals surface area (Å²) in [5.74, 6) is 1.57. The molecular formula is C15H18F3N. The Morgan fingerprint density at radius 3 is 2.47 bits per heavy atom. The maximum atomic E-state index is 12.7. The Bertz CT molecular complexity index is 471. The van der Waals surface area contributed by atoms with Crippen LogP contribution in [0.3, 0.4) is 0 Å². The molecule has 2 N–H and O–H groups in total. The molecule has 0 spiro atoms. The van der Waals surface area contributed by atoms with Crippen molar-refractivity contribution in [3.8, 4) is 0 Å². The van der Waals surface area contributed by atoms with Gasteiger partial charge in [-0.2, -0.15) is 13.2 Å². The third-order valence-electron chi connectivity index (χ3n) is 4.73. The summed E-state index contributed by atoms with van der Waals surface area (Å²) in [6.45, 7) is 0.580. The van der Waals surface area contributed by atoms with E-state index in [1.165, 1.54) is 18.6 Å². The zero-order valence-corrected chi connectivity index (χ0v) is 10.7. The van der Waals surface area contributed by atoms with Gasteiger partial charge in [0.15, 0.2) is 0 Å². The van der Waals surface area contributed by atoms with Crippen LogP contribution in [-0.4, -0.2) is 6.54 Å². The van der Waals surface area contributed by atoms with E-state index in [1.54, 1.807) is 6.07 Å². The van der Waals surface area contributed by atoms with Crippen LogP contribution in [0.15, 0.2) is 24.3 Å². The van der Waals surface area contributed by atoms with Crippen LogP contribution in [0.2, 0.25) is 0 Å². The fourth-order valence-electron chi connectivity index (χ4n) is 3.68. The van der Waals surface area contributed by atoms with Gasteiger partial charge in [0.2, 0.25) is 0 Å². The van der Waals surface area contributed by atoms with Gasteiger partial charge in [0, 0.05) is 0 Å². The molecule has 0 heterocycles. The molecule has 19 heavy (non-hydrogen) atoms. The summed E-state index contributed by atoms with van der Waals surface area (Å²) in [4.78, 5) is 0. The molecule has 2 unspecified atom stereocenters. The first-order valence-corrected chi connectivity index (χ1v) is 6.78. The van der Waals surface area contributed by atoms with Crippen molar-refractivity contribution in [2.45, 2.75) is 31.9 Å². The molecule has 0 saturated heterocycles. The van der Waals surface area contributed by atoms with Gasteiger partial charge in [-0.1, -0.05) is 18.2 Å². The predicted molar refractivity (Wildman–Crippen MR) is 67.5 cm³/mol. The zero-order chi connectivity index (χ0) is 13.7. The van der Waals surface area contributed by atoms with Crippen LogP contribution < -0.4 is 5.73 Å². The number of benzene rings is 1. The predicted octanol–water partition coefficient (Wildman–Crippen LogP) is 3.62. The van der Waals surface area contributed by atoms with Crippen LogP contribution in [0.4, 0.5) is 13.2 Å². The lowest BCUT2D eigenvalue weighted by atomic mass is 9.77. The second-order valence-corrected chi connectivity index (χ2v) is 6.24. The third-order valence-corrected chi connectivity index (χ3v) is 4.73. The van der Waals surface area contributed by atoms with E-state index in [9.17, 15) is 13.2 Å². The van der Waals surface area contributed by atoms with Crippen LogP contribution in [0, 0.1) is 17.3 Å². The monoisotopic (exact) mass is 269 g/mol. The van der Waals surface area contributed by atoms with Gasteiger partial charge in [0.25, 0.3) is 0 Å². The summed E-state index contributed by atoms with van der Waals surface area (Å²) in [6, 6.07) is 5.70. The first-order chi connectivity index (χ1) is 8.92. The molecule has 2 saturated carbocycles.